The quantitative estimate of drug-likeness (QED) is 0.220. The number of nitrogens with one attached hydrogen (secondary N) is 1. The molecule has 210 valence electrons. The first-order valence-corrected chi connectivity index (χ1v) is 14.1. The van der Waals surface area contributed by atoms with Crippen LogP contribution in [0.25, 0.3) is 10.9 Å². The number of halogens is 1. The number of amides is 1. The molecule has 0 spiro atoms. The van der Waals surface area contributed by atoms with Crippen LogP contribution in [-0.4, -0.2) is 28.2 Å². The van der Waals surface area contributed by atoms with Gasteiger partial charge in [-0.25, -0.2) is 4.79 Å². The molecular formula is C33H37ClN2O4. The monoisotopic (exact) mass is 560 g/mol. The smallest absolute Gasteiger partial charge is 0.341 e. The Morgan fingerprint density at radius 2 is 1.75 bits per heavy atom. The van der Waals surface area contributed by atoms with Gasteiger partial charge in [-0.3, -0.25) is 4.79 Å². The summed E-state index contributed by atoms with van der Waals surface area (Å²) >= 11 is 6.18. The van der Waals surface area contributed by atoms with E-state index in [2.05, 4.69) is 49.7 Å². The number of carboxylic acid groups (broad SMARTS) is 1. The van der Waals surface area contributed by atoms with Crippen molar-refractivity contribution >= 4 is 34.4 Å². The number of carbonyl (C=O) groups excluding carboxylic acids is 1. The zero-order chi connectivity index (χ0) is 28.8. The van der Waals surface area contributed by atoms with E-state index < -0.39 is 12.6 Å². The maximum atomic E-state index is 13.0. The van der Waals surface area contributed by atoms with E-state index in [1.54, 1.807) is 12.1 Å². The van der Waals surface area contributed by atoms with Crippen LogP contribution in [0.2, 0.25) is 5.02 Å². The molecule has 0 bridgehead atoms. The summed E-state index contributed by atoms with van der Waals surface area (Å²) in [5, 5.41) is 13.3. The second kappa shape index (κ2) is 13.1. The summed E-state index contributed by atoms with van der Waals surface area (Å²) in [7, 11) is 0. The van der Waals surface area contributed by atoms with E-state index in [-0.39, 0.29) is 5.91 Å². The third-order valence-corrected chi connectivity index (χ3v) is 7.33. The van der Waals surface area contributed by atoms with Crippen molar-refractivity contribution in [2.45, 2.75) is 66.0 Å². The normalized spacial score (nSPS) is 12.2. The number of aryl methyl sites for hydroxylation is 1. The number of aromatic nitrogens is 1. The van der Waals surface area contributed by atoms with Crippen LogP contribution < -0.4 is 10.1 Å². The summed E-state index contributed by atoms with van der Waals surface area (Å²) in [4.78, 5) is 23.8. The van der Waals surface area contributed by atoms with Crippen molar-refractivity contribution in [1.82, 2.24) is 9.88 Å². The number of hydrogen-bond donors (Lipinski definition) is 2. The highest BCUT2D eigenvalue weighted by Gasteiger charge is 2.15. The molecule has 6 nitrogen and oxygen atoms in total. The van der Waals surface area contributed by atoms with Gasteiger partial charge in [0.2, 0.25) is 0 Å². The molecule has 4 aromatic rings. The van der Waals surface area contributed by atoms with Crippen LogP contribution in [-0.2, 0) is 17.9 Å². The number of rotatable bonds is 9. The Kier molecular flexibility index (Phi) is 9.54. The Labute approximate surface area is 240 Å². The van der Waals surface area contributed by atoms with Crippen molar-refractivity contribution < 1.29 is 19.4 Å². The molecule has 1 aliphatic carbocycles. The first-order valence-electron chi connectivity index (χ1n) is 13.7. The highest BCUT2D eigenvalue weighted by molar-refractivity contribution is 6.32. The lowest BCUT2D eigenvalue weighted by molar-refractivity contribution is -0.139. The van der Waals surface area contributed by atoms with Gasteiger partial charge in [-0.15, -0.1) is 0 Å². The second-order valence-corrected chi connectivity index (χ2v) is 11.0. The maximum absolute atomic E-state index is 13.0. The van der Waals surface area contributed by atoms with Crippen LogP contribution in [0, 0.1) is 13.8 Å². The Morgan fingerprint density at radius 3 is 2.42 bits per heavy atom. The molecular weight excluding hydrogens is 524 g/mol. The molecule has 0 aliphatic heterocycles. The fourth-order valence-electron chi connectivity index (χ4n) is 4.42. The predicted octanol–water partition coefficient (Wildman–Crippen LogP) is 7.65. The van der Waals surface area contributed by atoms with E-state index in [4.69, 9.17) is 21.4 Å². The zero-order valence-corrected chi connectivity index (χ0v) is 24.3. The number of hydrogen-bond acceptors (Lipinski definition) is 3. The molecule has 7 heteroatoms. The molecule has 1 amide bonds. The number of benzene rings is 3. The summed E-state index contributed by atoms with van der Waals surface area (Å²) in [6, 6.07) is 19.4. The third kappa shape index (κ3) is 7.45. The first-order chi connectivity index (χ1) is 19.1. The standard InChI is InChI=1S/C30H31ClN2O4.C3H6/c1-18(2)23-7-5-6-21(12-23)15-32-30(36)24-9-11-27-25(14-24)19(3)20(4)33(27)16-22-8-10-26(31)28(13-22)37-17-29(34)35;1-2-3-1/h5-14,18H,15-17H2,1-4H3,(H,32,36)(H,34,35);1-3H2. The molecule has 0 saturated heterocycles. The average molecular weight is 561 g/mol. The van der Waals surface area contributed by atoms with Crippen LogP contribution in [0.15, 0.2) is 60.7 Å². The van der Waals surface area contributed by atoms with Crippen LogP contribution in [0.1, 0.15) is 77.3 Å². The minimum Gasteiger partial charge on any atom is -0.480 e. The number of nitrogens with zero attached hydrogens (tertiary/aromatic N) is 1. The number of ether oxygens (including phenoxy) is 1. The molecule has 40 heavy (non-hydrogen) atoms. The van der Waals surface area contributed by atoms with Crippen LogP contribution in [0.3, 0.4) is 0 Å². The van der Waals surface area contributed by atoms with Crippen LogP contribution >= 0.6 is 11.6 Å². The van der Waals surface area contributed by atoms with Gasteiger partial charge in [-0.2, -0.15) is 0 Å². The van der Waals surface area contributed by atoms with Gasteiger partial charge in [0.15, 0.2) is 6.61 Å². The summed E-state index contributed by atoms with van der Waals surface area (Å²) in [5.41, 5.74) is 7.07. The van der Waals surface area contributed by atoms with Gasteiger partial charge >= 0.3 is 5.97 Å². The fourth-order valence-corrected chi connectivity index (χ4v) is 4.59. The lowest BCUT2D eigenvalue weighted by Crippen LogP contribution is -2.22. The molecule has 2 N–H and O–H groups in total. The average Bonchev–Trinajstić information content (AvgIpc) is 3.81. The second-order valence-electron chi connectivity index (χ2n) is 10.6. The van der Waals surface area contributed by atoms with E-state index >= 15 is 0 Å². The van der Waals surface area contributed by atoms with Gasteiger partial charge < -0.3 is 19.7 Å². The fraction of sp³-hybridized carbons (Fsp3) is 0.333. The molecule has 5 rings (SSSR count). The molecule has 1 saturated carbocycles. The number of aliphatic carboxylic acids is 1. The predicted molar refractivity (Wildman–Crippen MR) is 161 cm³/mol. The summed E-state index contributed by atoms with van der Waals surface area (Å²) in [6.45, 7) is 8.98. The molecule has 1 heterocycles. The Balaban J connectivity index is 0.00000115. The van der Waals surface area contributed by atoms with Crippen molar-refractivity contribution in [3.8, 4) is 5.75 Å². The summed E-state index contributed by atoms with van der Waals surface area (Å²) in [5.74, 6) is -0.400. The van der Waals surface area contributed by atoms with Crippen molar-refractivity contribution in [1.29, 1.82) is 0 Å². The van der Waals surface area contributed by atoms with Crippen molar-refractivity contribution in [3.63, 3.8) is 0 Å². The van der Waals surface area contributed by atoms with Gasteiger partial charge in [0.25, 0.3) is 5.91 Å². The Bertz CT molecular complexity index is 1520. The minimum absolute atomic E-state index is 0.112. The van der Waals surface area contributed by atoms with E-state index in [0.717, 1.165) is 33.3 Å². The van der Waals surface area contributed by atoms with E-state index in [9.17, 15) is 9.59 Å². The number of fused-ring (bicyclic) bond motifs is 1. The lowest BCUT2D eigenvalue weighted by atomic mass is 10.0. The number of carboxylic acids is 1. The molecule has 0 unspecified atom stereocenters. The molecule has 1 aromatic heterocycles. The van der Waals surface area contributed by atoms with E-state index in [1.807, 2.05) is 36.4 Å². The van der Waals surface area contributed by atoms with Gasteiger partial charge in [-0.05, 0) is 72.4 Å². The first kappa shape index (κ1) is 29.2. The highest BCUT2D eigenvalue weighted by atomic mass is 35.5. The van der Waals surface area contributed by atoms with Crippen LogP contribution in [0.4, 0.5) is 0 Å². The Morgan fingerprint density at radius 1 is 1.00 bits per heavy atom. The van der Waals surface area contributed by atoms with Crippen molar-refractivity contribution in [2.75, 3.05) is 6.61 Å². The molecule has 1 fully saturated rings. The van der Waals surface area contributed by atoms with Crippen molar-refractivity contribution in [3.05, 3.63) is 99.2 Å². The van der Waals surface area contributed by atoms with Gasteiger partial charge in [0.05, 0.1) is 5.02 Å². The van der Waals surface area contributed by atoms with E-state index in [1.165, 1.54) is 24.8 Å². The SMILES string of the molecule is C1CC1.Cc1c(C)n(Cc2ccc(Cl)c(OCC(=O)O)c2)c2ccc(C(=O)NCc3cccc(C(C)C)c3)cc12. The Hall–Kier alpha value is -3.77. The van der Waals surface area contributed by atoms with Gasteiger partial charge in [0, 0.05) is 35.2 Å². The third-order valence-electron chi connectivity index (χ3n) is 7.01. The van der Waals surface area contributed by atoms with Gasteiger partial charge in [0.1, 0.15) is 5.75 Å². The molecule has 0 atom stereocenters. The molecule has 0 radical (unpaired) electrons. The zero-order valence-electron chi connectivity index (χ0n) is 23.6. The van der Waals surface area contributed by atoms with Gasteiger partial charge in [-0.1, -0.05) is 75.0 Å². The minimum atomic E-state index is -1.06. The van der Waals surface area contributed by atoms with Crippen molar-refractivity contribution in [2.24, 2.45) is 0 Å². The van der Waals surface area contributed by atoms with E-state index in [0.29, 0.717) is 35.3 Å². The topological polar surface area (TPSA) is 80.6 Å². The molecule has 3 aromatic carbocycles. The van der Waals surface area contributed by atoms with Crippen LogP contribution in [0.5, 0.6) is 5.75 Å². The largest absolute Gasteiger partial charge is 0.480 e. The summed E-state index contributed by atoms with van der Waals surface area (Å²) in [6.07, 6.45) is 4.50. The lowest BCUT2D eigenvalue weighted by Gasteiger charge is -2.12. The summed E-state index contributed by atoms with van der Waals surface area (Å²) < 4.78 is 7.50. The highest BCUT2D eigenvalue weighted by Crippen LogP contribution is 2.30. The molecule has 1 aliphatic rings. The maximum Gasteiger partial charge on any atom is 0.341 e. The number of carbonyl (C=O) groups is 2.